The average Bonchev–Trinajstić information content (AvgIpc) is 2.79. The number of fused-ring (bicyclic) bond motifs is 1. The van der Waals surface area contributed by atoms with Crippen molar-refractivity contribution in [3.05, 3.63) is 94.0 Å². The molecule has 0 saturated carbocycles. The molecule has 0 amide bonds. The third-order valence-corrected chi connectivity index (χ3v) is 4.82. The molecular formula is C24H21N3O4. The largest absolute Gasteiger partial charge is 0.507 e. The summed E-state index contributed by atoms with van der Waals surface area (Å²) >= 11 is 0. The summed E-state index contributed by atoms with van der Waals surface area (Å²) in [5.74, 6) is 1.62. The quantitative estimate of drug-likeness (QED) is 0.483. The fraction of sp³-hybridized carbons (Fsp3) is 0.125. The van der Waals surface area contributed by atoms with Crippen LogP contribution >= 0.6 is 0 Å². The first-order valence-electron chi connectivity index (χ1n) is 9.67. The summed E-state index contributed by atoms with van der Waals surface area (Å²) in [6.45, 7) is 1.99. The number of nitrogens with zero attached hydrogens (tertiary/aromatic N) is 3. The van der Waals surface area contributed by atoms with E-state index in [1.54, 1.807) is 30.3 Å². The fourth-order valence-electron chi connectivity index (χ4n) is 3.13. The second-order valence-electron chi connectivity index (χ2n) is 6.89. The van der Waals surface area contributed by atoms with Crippen molar-refractivity contribution in [3.63, 3.8) is 0 Å². The third-order valence-electron chi connectivity index (χ3n) is 4.82. The highest BCUT2D eigenvalue weighted by molar-refractivity contribution is 5.84. The molecule has 31 heavy (non-hydrogen) atoms. The van der Waals surface area contributed by atoms with Gasteiger partial charge in [-0.2, -0.15) is 9.78 Å². The summed E-state index contributed by atoms with van der Waals surface area (Å²) in [5, 5.41) is 14.9. The lowest BCUT2D eigenvalue weighted by molar-refractivity contribution is 0.287. The molecule has 7 heteroatoms. The minimum atomic E-state index is -0.326. The van der Waals surface area contributed by atoms with E-state index >= 15 is 0 Å². The topological polar surface area (TPSA) is 85.9 Å². The monoisotopic (exact) mass is 415 g/mol. The Kier molecular flexibility index (Phi) is 5.66. The van der Waals surface area contributed by atoms with Crippen molar-refractivity contribution >= 4 is 17.1 Å². The Morgan fingerprint density at radius 1 is 1.10 bits per heavy atom. The Morgan fingerprint density at radius 2 is 1.87 bits per heavy atom. The number of methoxy groups -OCH3 is 1. The van der Waals surface area contributed by atoms with E-state index in [1.165, 1.54) is 24.1 Å². The van der Waals surface area contributed by atoms with Crippen LogP contribution in [0.2, 0.25) is 0 Å². The molecule has 4 aromatic rings. The van der Waals surface area contributed by atoms with E-state index in [0.717, 1.165) is 5.56 Å². The van der Waals surface area contributed by atoms with Crippen molar-refractivity contribution in [1.29, 1.82) is 0 Å². The van der Waals surface area contributed by atoms with Gasteiger partial charge in [0.15, 0.2) is 5.82 Å². The molecule has 4 rings (SSSR count). The number of aryl methyl sites for hydroxylation is 1. The van der Waals surface area contributed by atoms with E-state index in [9.17, 15) is 9.90 Å². The molecule has 0 spiro atoms. The van der Waals surface area contributed by atoms with Gasteiger partial charge in [-0.25, -0.2) is 4.98 Å². The van der Waals surface area contributed by atoms with Crippen molar-refractivity contribution < 1.29 is 14.6 Å². The van der Waals surface area contributed by atoms with E-state index in [-0.39, 0.29) is 17.9 Å². The second kappa shape index (κ2) is 8.71. The van der Waals surface area contributed by atoms with E-state index in [4.69, 9.17) is 9.47 Å². The molecule has 0 aliphatic heterocycles. The summed E-state index contributed by atoms with van der Waals surface area (Å²) in [5.41, 5.74) is 1.62. The Balaban J connectivity index is 1.77. The number of phenols is 1. The number of para-hydroxylation sites is 2. The number of aromatic nitrogens is 2. The zero-order chi connectivity index (χ0) is 21.8. The lowest BCUT2D eigenvalue weighted by Gasteiger charge is -2.12. The Morgan fingerprint density at radius 3 is 2.68 bits per heavy atom. The van der Waals surface area contributed by atoms with Crippen molar-refractivity contribution in [3.8, 4) is 17.2 Å². The summed E-state index contributed by atoms with van der Waals surface area (Å²) in [7, 11) is 1.53. The predicted octanol–water partition coefficient (Wildman–Crippen LogP) is 3.88. The standard InChI is InChI=1S/C24H21N3O4/c1-16-7-3-6-10-22(16)31-15-23-26-20-9-5-4-8-19(20)24(29)27(23)25-14-17-13-18(30-2)11-12-21(17)28/h3-14,28H,15H2,1-2H3/b25-14+. The Bertz CT molecular complexity index is 1330. The fourth-order valence-corrected chi connectivity index (χ4v) is 3.13. The van der Waals surface area contributed by atoms with Crippen LogP contribution in [0, 0.1) is 6.92 Å². The van der Waals surface area contributed by atoms with E-state index in [1.807, 2.05) is 37.3 Å². The van der Waals surface area contributed by atoms with Crippen molar-refractivity contribution in [2.24, 2.45) is 5.10 Å². The zero-order valence-electron chi connectivity index (χ0n) is 17.1. The Labute approximate surface area is 178 Å². The lowest BCUT2D eigenvalue weighted by atomic mass is 10.2. The van der Waals surface area contributed by atoms with Gasteiger partial charge >= 0.3 is 0 Å². The summed E-state index contributed by atoms with van der Waals surface area (Å²) < 4.78 is 12.3. The summed E-state index contributed by atoms with van der Waals surface area (Å²) in [6.07, 6.45) is 1.40. The van der Waals surface area contributed by atoms with Gasteiger partial charge in [-0.1, -0.05) is 30.3 Å². The van der Waals surface area contributed by atoms with Crippen molar-refractivity contribution in [2.45, 2.75) is 13.5 Å². The maximum absolute atomic E-state index is 13.1. The molecule has 0 bridgehead atoms. The second-order valence-corrected chi connectivity index (χ2v) is 6.89. The molecule has 1 N–H and O–H groups in total. The summed E-state index contributed by atoms with van der Waals surface area (Å²) in [4.78, 5) is 17.7. The molecule has 0 radical (unpaired) electrons. The van der Waals surface area contributed by atoms with Gasteiger partial charge in [0.2, 0.25) is 0 Å². The summed E-state index contributed by atoms with van der Waals surface area (Å²) in [6, 6.07) is 19.4. The molecule has 0 aliphatic rings. The van der Waals surface area contributed by atoms with Gasteiger partial charge in [0, 0.05) is 5.56 Å². The molecule has 1 heterocycles. The number of rotatable bonds is 6. The number of benzene rings is 3. The number of phenolic OH excluding ortho intramolecular Hbond substituents is 1. The smallest absolute Gasteiger partial charge is 0.282 e. The molecule has 7 nitrogen and oxygen atoms in total. The highest BCUT2D eigenvalue weighted by Gasteiger charge is 2.12. The third kappa shape index (κ3) is 4.25. The van der Waals surface area contributed by atoms with Crippen LogP contribution < -0.4 is 15.0 Å². The maximum Gasteiger partial charge on any atom is 0.282 e. The number of ether oxygens (including phenoxy) is 2. The van der Waals surface area contributed by atoms with Crippen LogP contribution in [-0.2, 0) is 6.61 Å². The van der Waals surface area contributed by atoms with Crippen LogP contribution in [0.5, 0.6) is 17.2 Å². The highest BCUT2D eigenvalue weighted by Crippen LogP contribution is 2.21. The lowest BCUT2D eigenvalue weighted by Crippen LogP contribution is -2.23. The molecular weight excluding hydrogens is 394 g/mol. The first-order valence-corrected chi connectivity index (χ1v) is 9.67. The van der Waals surface area contributed by atoms with E-state index in [0.29, 0.717) is 33.8 Å². The van der Waals surface area contributed by atoms with Gasteiger partial charge < -0.3 is 14.6 Å². The normalized spacial score (nSPS) is 11.2. The predicted molar refractivity (Wildman–Crippen MR) is 119 cm³/mol. The molecule has 156 valence electrons. The SMILES string of the molecule is COc1ccc(O)c(/C=N/n2c(COc3ccccc3C)nc3ccccc3c2=O)c1. The zero-order valence-corrected chi connectivity index (χ0v) is 17.1. The van der Waals surface area contributed by atoms with Crippen LogP contribution in [-0.4, -0.2) is 28.1 Å². The minimum absolute atomic E-state index is 0.0176. The molecule has 0 aliphatic carbocycles. The van der Waals surface area contributed by atoms with E-state index < -0.39 is 0 Å². The van der Waals surface area contributed by atoms with Crippen LogP contribution in [0.1, 0.15) is 17.0 Å². The first-order chi connectivity index (χ1) is 15.1. The maximum atomic E-state index is 13.1. The first kappa shape index (κ1) is 20.2. The van der Waals surface area contributed by atoms with Gasteiger partial charge in [-0.15, -0.1) is 0 Å². The molecule has 0 saturated heterocycles. The number of hydrogen-bond donors (Lipinski definition) is 1. The molecule has 0 fully saturated rings. The van der Waals surface area contributed by atoms with Crippen LogP contribution in [0.4, 0.5) is 0 Å². The van der Waals surface area contributed by atoms with Gasteiger partial charge in [0.1, 0.15) is 23.9 Å². The van der Waals surface area contributed by atoms with Crippen LogP contribution in [0.3, 0.4) is 0 Å². The van der Waals surface area contributed by atoms with Gasteiger partial charge in [0.25, 0.3) is 5.56 Å². The molecule has 0 atom stereocenters. The molecule has 1 aromatic heterocycles. The van der Waals surface area contributed by atoms with Crippen LogP contribution in [0.15, 0.2) is 76.6 Å². The van der Waals surface area contributed by atoms with Crippen molar-refractivity contribution in [2.75, 3.05) is 7.11 Å². The van der Waals surface area contributed by atoms with Crippen LogP contribution in [0.25, 0.3) is 10.9 Å². The van der Waals surface area contributed by atoms with Gasteiger partial charge in [0.05, 0.1) is 24.2 Å². The van der Waals surface area contributed by atoms with E-state index in [2.05, 4.69) is 10.1 Å². The number of hydrogen-bond acceptors (Lipinski definition) is 6. The van der Waals surface area contributed by atoms with Gasteiger partial charge in [-0.3, -0.25) is 4.79 Å². The van der Waals surface area contributed by atoms with Crippen molar-refractivity contribution in [1.82, 2.24) is 9.66 Å². The average molecular weight is 415 g/mol. The molecule has 0 unspecified atom stereocenters. The van der Waals surface area contributed by atoms with Gasteiger partial charge in [-0.05, 0) is 48.9 Å². The Hall–Kier alpha value is -4.13. The highest BCUT2D eigenvalue weighted by atomic mass is 16.5. The number of aromatic hydroxyl groups is 1. The molecule has 3 aromatic carbocycles. The minimum Gasteiger partial charge on any atom is -0.507 e.